The van der Waals surface area contributed by atoms with E-state index in [0.29, 0.717) is 0 Å². The summed E-state index contributed by atoms with van der Waals surface area (Å²) in [5, 5.41) is 0.192. The number of hydrogen-bond acceptors (Lipinski definition) is 1. The van der Waals surface area contributed by atoms with Gasteiger partial charge in [-0.15, -0.1) is 9.24 Å². The van der Waals surface area contributed by atoms with Crippen LogP contribution < -0.4 is 0 Å². The third kappa shape index (κ3) is 2.78. The molecule has 0 amide bonds. The van der Waals surface area contributed by atoms with Crippen LogP contribution in [0.15, 0.2) is 24.4 Å². The molecule has 0 spiro atoms. The molecule has 1 aromatic heterocycles. The second kappa shape index (κ2) is 5.46. The fourth-order valence-electron chi connectivity index (χ4n) is 1.64. The number of hydrogen-bond donors (Lipinski definition) is 0. The first kappa shape index (κ1) is 11.7. The summed E-state index contributed by atoms with van der Waals surface area (Å²) < 4.78 is 0. The summed E-state index contributed by atoms with van der Waals surface area (Å²) in [4.78, 5) is 4.45. The normalized spacial score (nSPS) is 15.1. The van der Waals surface area contributed by atoms with Crippen molar-refractivity contribution >= 4 is 9.24 Å². The van der Waals surface area contributed by atoms with E-state index in [-0.39, 0.29) is 5.16 Å². The standard InChI is InChI=1S/C12H20NP/c1-3-5-9-12(14,4-2)11-8-6-7-10-13-11/h6-8,10H,3-5,9,14H2,1-2H3. The van der Waals surface area contributed by atoms with Crippen LogP contribution in [-0.4, -0.2) is 4.98 Å². The fourth-order valence-corrected chi connectivity index (χ4v) is 2.01. The predicted molar refractivity (Wildman–Crippen MR) is 65.4 cm³/mol. The van der Waals surface area contributed by atoms with Gasteiger partial charge in [0.05, 0.1) is 5.69 Å². The van der Waals surface area contributed by atoms with E-state index >= 15 is 0 Å². The quantitative estimate of drug-likeness (QED) is 0.673. The summed E-state index contributed by atoms with van der Waals surface area (Å²) in [6.45, 7) is 4.47. The first-order valence-corrected chi connectivity index (χ1v) is 6.01. The maximum absolute atomic E-state index is 4.45. The molecule has 1 nitrogen and oxygen atoms in total. The summed E-state index contributed by atoms with van der Waals surface area (Å²) in [7, 11) is 2.99. The van der Waals surface area contributed by atoms with Crippen molar-refractivity contribution in [3.05, 3.63) is 30.1 Å². The maximum atomic E-state index is 4.45. The molecule has 1 heterocycles. The van der Waals surface area contributed by atoms with E-state index in [1.54, 1.807) is 0 Å². The molecule has 0 radical (unpaired) electrons. The first-order chi connectivity index (χ1) is 6.73. The lowest BCUT2D eigenvalue weighted by atomic mass is 9.94. The van der Waals surface area contributed by atoms with Gasteiger partial charge in [0.1, 0.15) is 0 Å². The molecule has 0 N–H and O–H groups in total. The fraction of sp³-hybridized carbons (Fsp3) is 0.583. The van der Waals surface area contributed by atoms with Crippen molar-refractivity contribution in [1.82, 2.24) is 4.98 Å². The Balaban J connectivity index is 2.79. The molecule has 0 saturated carbocycles. The number of pyridine rings is 1. The number of nitrogens with zero attached hydrogens (tertiary/aromatic N) is 1. The van der Waals surface area contributed by atoms with E-state index in [1.165, 1.54) is 25.0 Å². The Kier molecular flexibility index (Phi) is 4.54. The number of aromatic nitrogens is 1. The minimum Gasteiger partial charge on any atom is -0.260 e. The van der Waals surface area contributed by atoms with Crippen molar-refractivity contribution in [3.8, 4) is 0 Å². The molecule has 0 aliphatic carbocycles. The van der Waals surface area contributed by atoms with Gasteiger partial charge in [-0.25, -0.2) is 0 Å². The van der Waals surface area contributed by atoms with Gasteiger partial charge in [-0.1, -0.05) is 32.8 Å². The van der Waals surface area contributed by atoms with E-state index in [2.05, 4.69) is 40.2 Å². The molecule has 1 rings (SSSR count). The summed E-state index contributed by atoms with van der Waals surface area (Å²) >= 11 is 0. The van der Waals surface area contributed by atoms with Crippen molar-refractivity contribution < 1.29 is 0 Å². The summed E-state index contributed by atoms with van der Waals surface area (Å²) in [6, 6.07) is 6.18. The van der Waals surface area contributed by atoms with Crippen LogP contribution in [0.2, 0.25) is 0 Å². The molecule has 0 saturated heterocycles. The van der Waals surface area contributed by atoms with Crippen molar-refractivity contribution in [1.29, 1.82) is 0 Å². The monoisotopic (exact) mass is 209 g/mol. The van der Waals surface area contributed by atoms with Crippen molar-refractivity contribution in [2.45, 2.75) is 44.7 Å². The molecule has 2 heteroatoms. The van der Waals surface area contributed by atoms with Gasteiger partial charge < -0.3 is 0 Å². The summed E-state index contributed by atoms with van der Waals surface area (Å²) in [5.74, 6) is 0. The Morgan fingerprint density at radius 2 is 2.14 bits per heavy atom. The topological polar surface area (TPSA) is 12.9 Å². The number of rotatable bonds is 5. The smallest absolute Gasteiger partial charge is 0.0502 e. The molecule has 0 fully saturated rings. The summed E-state index contributed by atoms with van der Waals surface area (Å²) in [6.07, 6.45) is 6.75. The molecule has 2 unspecified atom stereocenters. The zero-order chi connectivity index (χ0) is 10.4. The third-order valence-electron chi connectivity index (χ3n) is 2.78. The molecular weight excluding hydrogens is 189 g/mol. The van der Waals surface area contributed by atoms with Crippen LogP contribution >= 0.6 is 9.24 Å². The Labute approximate surface area is 89.5 Å². The van der Waals surface area contributed by atoms with E-state index in [0.717, 1.165) is 6.42 Å². The zero-order valence-corrected chi connectivity index (χ0v) is 10.3. The van der Waals surface area contributed by atoms with Crippen LogP contribution in [0.1, 0.15) is 45.2 Å². The van der Waals surface area contributed by atoms with Gasteiger partial charge in [0.25, 0.3) is 0 Å². The Hall–Kier alpha value is -0.420. The lowest BCUT2D eigenvalue weighted by Gasteiger charge is -2.27. The highest BCUT2D eigenvalue weighted by molar-refractivity contribution is 7.18. The van der Waals surface area contributed by atoms with Gasteiger partial charge in [-0.2, -0.15) is 0 Å². The lowest BCUT2D eigenvalue weighted by molar-refractivity contribution is 0.508. The highest BCUT2D eigenvalue weighted by Crippen LogP contribution is 2.38. The lowest BCUT2D eigenvalue weighted by Crippen LogP contribution is -2.18. The Morgan fingerprint density at radius 1 is 1.36 bits per heavy atom. The SMILES string of the molecule is CCCCC(P)(CC)c1ccccn1. The second-order valence-electron chi connectivity index (χ2n) is 3.83. The van der Waals surface area contributed by atoms with Gasteiger partial charge in [-0.3, -0.25) is 4.98 Å². The first-order valence-electron chi connectivity index (χ1n) is 5.43. The summed E-state index contributed by atoms with van der Waals surface area (Å²) in [5.41, 5.74) is 1.21. The van der Waals surface area contributed by atoms with Crippen LogP contribution in [0.3, 0.4) is 0 Å². The van der Waals surface area contributed by atoms with Crippen molar-refractivity contribution in [2.75, 3.05) is 0 Å². The van der Waals surface area contributed by atoms with Gasteiger partial charge in [0, 0.05) is 11.4 Å². The van der Waals surface area contributed by atoms with E-state index in [1.807, 2.05) is 12.3 Å². The van der Waals surface area contributed by atoms with Crippen LogP contribution in [-0.2, 0) is 5.16 Å². The largest absolute Gasteiger partial charge is 0.260 e. The average Bonchev–Trinajstić information content (AvgIpc) is 2.27. The van der Waals surface area contributed by atoms with Crippen LogP contribution in [0.5, 0.6) is 0 Å². The van der Waals surface area contributed by atoms with Gasteiger partial charge >= 0.3 is 0 Å². The minimum absolute atomic E-state index is 0.192. The zero-order valence-electron chi connectivity index (χ0n) is 9.16. The van der Waals surface area contributed by atoms with Crippen molar-refractivity contribution in [3.63, 3.8) is 0 Å². The third-order valence-corrected chi connectivity index (χ3v) is 3.78. The van der Waals surface area contributed by atoms with E-state index < -0.39 is 0 Å². The molecule has 2 atom stereocenters. The highest BCUT2D eigenvalue weighted by Gasteiger charge is 2.24. The molecule has 0 aliphatic rings. The predicted octanol–water partition coefficient (Wildman–Crippen LogP) is 3.75. The van der Waals surface area contributed by atoms with Crippen LogP contribution in [0, 0.1) is 0 Å². The van der Waals surface area contributed by atoms with Gasteiger partial charge in [-0.05, 0) is 25.0 Å². The Morgan fingerprint density at radius 3 is 2.64 bits per heavy atom. The van der Waals surface area contributed by atoms with Crippen LogP contribution in [0.4, 0.5) is 0 Å². The van der Waals surface area contributed by atoms with Gasteiger partial charge in [0.2, 0.25) is 0 Å². The van der Waals surface area contributed by atoms with Gasteiger partial charge in [0.15, 0.2) is 0 Å². The molecule has 0 aliphatic heterocycles. The van der Waals surface area contributed by atoms with E-state index in [9.17, 15) is 0 Å². The van der Waals surface area contributed by atoms with Crippen LogP contribution in [0.25, 0.3) is 0 Å². The second-order valence-corrected chi connectivity index (χ2v) is 4.93. The highest BCUT2D eigenvalue weighted by atomic mass is 31.0. The maximum Gasteiger partial charge on any atom is 0.0502 e. The van der Waals surface area contributed by atoms with E-state index in [4.69, 9.17) is 0 Å². The molecule has 78 valence electrons. The molecule has 14 heavy (non-hydrogen) atoms. The molecule has 0 aromatic carbocycles. The number of unbranched alkanes of at least 4 members (excludes halogenated alkanes) is 1. The molecular formula is C12H20NP. The molecule has 1 aromatic rings. The average molecular weight is 209 g/mol. The Bertz CT molecular complexity index is 260. The molecule has 0 bridgehead atoms. The minimum atomic E-state index is 0.192. The van der Waals surface area contributed by atoms with Crippen molar-refractivity contribution in [2.24, 2.45) is 0 Å².